The van der Waals surface area contributed by atoms with E-state index < -0.39 is 0 Å². The van der Waals surface area contributed by atoms with E-state index in [0.717, 1.165) is 12.8 Å². The Morgan fingerprint density at radius 1 is 0.667 bits per heavy atom. The summed E-state index contributed by atoms with van der Waals surface area (Å²) in [5.74, 6) is 0.188. The molecule has 0 heterocycles. The lowest BCUT2D eigenvalue weighted by Gasteiger charge is -2.08. The summed E-state index contributed by atoms with van der Waals surface area (Å²) < 4.78 is 21.5. The zero-order valence-electron chi connectivity index (χ0n) is 18.8. The Labute approximate surface area is 180 Å². The van der Waals surface area contributed by atoms with Gasteiger partial charge in [-0.1, -0.05) is 13.8 Å². The van der Waals surface area contributed by atoms with Crippen LogP contribution in [0.1, 0.15) is 46.5 Å². The summed E-state index contributed by atoms with van der Waals surface area (Å²) in [5.41, 5.74) is 0. The lowest BCUT2D eigenvalue weighted by molar-refractivity contribution is -0.123. The molecule has 0 aromatic heterocycles. The van der Waals surface area contributed by atoms with Crippen LogP contribution >= 0.6 is 0 Å². The smallest absolute Gasteiger partial charge is 0.222 e. The molecule has 0 unspecified atom stereocenters. The minimum atomic E-state index is -0.0420. The predicted octanol–water partition coefficient (Wildman–Crippen LogP) is 1.09. The molecule has 0 spiro atoms. The Kier molecular flexibility index (Phi) is 19.6. The quantitative estimate of drug-likeness (QED) is 0.261. The van der Waals surface area contributed by atoms with Crippen molar-refractivity contribution in [2.45, 2.75) is 46.5 Å². The molecule has 0 atom stereocenters. The SMILES string of the molecule is CC(=O)NCCCCNC(=O)CCOCCOCCOCCOCCC(=O)C(C)C. The van der Waals surface area contributed by atoms with Crippen molar-refractivity contribution < 1.29 is 33.3 Å². The number of ketones is 1. The van der Waals surface area contributed by atoms with Gasteiger partial charge in [0.05, 0.1) is 52.9 Å². The first-order valence-corrected chi connectivity index (χ1v) is 10.8. The van der Waals surface area contributed by atoms with Gasteiger partial charge in [0.25, 0.3) is 0 Å². The average molecular weight is 433 g/mol. The number of amides is 2. The van der Waals surface area contributed by atoms with Crippen LogP contribution in [0.5, 0.6) is 0 Å². The van der Waals surface area contributed by atoms with Gasteiger partial charge in [-0.15, -0.1) is 0 Å². The van der Waals surface area contributed by atoms with Crippen LogP contribution in [-0.4, -0.2) is 83.5 Å². The number of hydrogen-bond acceptors (Lipinski definition) is 7. The van der Waals surface area contributed by atoms with Crippen molar-refractivity contribution in [3.8, 4) is 0 Å². The topological polar surface area (TPSA) is 112 Å². The van der Waals surface area contributed by atoms with Crippen LogP contribution in [0.3, 0.4) is 0 Å². The van der Waals surface area contributed by atoms with E-state index in [2.05, 4.69) is 10.6 Å². The highest BCUT2D eigenvalue weighted by Crippen LogP contribution is 1.98. The van der Waals surface area contributed by atoms with E-state index in [1.807, 2.05) is 13.8 Å². The first-order chi connectivity index (χ1) is 14.4. The summed E-state index contributed by atoms with van der Waals surface area (Å²) in [5, 5.41) is 5.53. The number of carbonyl (C=O) groups is 3. The van der Waals surface area contributed by atoms with E-state index in [1.54, 1.807) is 0 Å². The van der Waals surface area contributed by atoms with Gasteiger partial charge in [-0.05, 0) is 12.8 Å². The molecule has 0 aromatic carbocycles. The molecule has 0 radical (unpaired) electrons. The average Bonchev–Trinajstić information content (AvgIpc) is 2.70. The zero-order chi connectivity index (χ0) is 22.5. The summed E-state index contributed by atoms with van der Waals surface area (Å²) in [4.78, 5) is 33.7. The first-order valence-electron chi connectivity index (χ1n) is 10.8. The molecule has 0 rings (SSSR count). The Hall–Kier alpha value is -1.55. The molecule has 176 valence electrons. The van der Waals surface area contributed by atoms with Crippen LogP contribution < -0.4 is 10.6 Å². The fourth-order valence-electron chi connectivity index (χ4n) is 2.22. The van der Waals surface area contributed by atoms with Crippen molar-refractivity contribution in [1.82, 2.24) is 10.6 Å². The van der Waals surface area contributed by atoms with Crippen LogP contribution in [-0.2, 0) is 33.3 Å². The van der Waals surface area contributed by atoms with Crippen LogP contribution in [0.15, 0.2) is 0 Å². The van der Waals surface area contributed by atoms with Gasteiger partial charge < -0.3 is 29.6 Å². The molecule has 2 amide bonds. The normalized spacial score (nSPS) is 10.9. The molecule has 0 fully saturated rings. The van der Waals surface area contributed by atoms with Crippen LogP contribution in [0.2, 0.25) is 0 Å². The number of carbonyl (C=O) groups excluding carboxylic acids is 3. The highest BCUT2D eigenvalue weighted by atomic mass is 16.6. The lowest BCUT2D eigenvalue weighted by atomic mass is 10.1. The lowest BCUT2D eigenvalue weighted by Crippen LogP contribution is -2.27. The number of rotatable bonds is 21. The number of unbranched alkanes of at least 4 members (excludes halogenated alkanes) is 1. The molecular formula is C21H40N2O7. The largest absolute Gasteiger partial charge is 0.379 e. The summed E-state index contributed by atoms with van der Waals surface area (Å²) in [6.45, 7) is 10.0. The third-order valence-electron chi connectivity index (χ3n) is 4.03. The number of hydrogen-bond donors (Lipinski definition) is 2. The van der Waals surface area contributed by atoms with Crippen molar-refractivity contribution in [2.75, 3.05) is 65.9 Å². The third-order valence-corrected chi connectivity index (χ3v) is 4.03. The molecule has 9 heteroatoms. The van der Waals surface area contributed by atoms with Crippen molar-refractivity contribution in [2.24, 2.45) is 5.92 Å². The Bertz CT molecular complexity index is 459. The molecule has 30 heavy (non-hydrogen) atoms. The monoisotopic (exact) mass is 432 g/mol. The Morgan fingerprint density at radius 2 is 1.10 bits per heavy atom. The maximum atomic E-state index is 11.6. The van der Waals surface area contributed by atoms with Gasteiger partial charge in [-0.25, -0.2) is 0 Å². The molecular weight excluding hydrogens is 392 g/mol. The number of Topliss-reactive ketones (excluding diaryl/α,β-unsaturated/α-hetero) is 1. The molecule has 0 saturated heterocycles. The van der Waals surface area contributed by atoms with Gasteiger partial charge in [0.1, 0.15) is 5.78 Å². The summed E-state index contributed by atoms with van der Waals surface area (Å²) >= 11 is 0. The van der Waals surface area contributed by atoms with Gasteiger partial charge in [0, 0.05) is 38.8 Å². The molecule has 0 aliphatic heterocycles. The highest BCUT2D eigenvalue weighted by molar-refractivity contribution is 5.80. The Morgan fingerprint density at radius 3 is 1.57 bits per heavy atom. The molecule has 0 saturated carbocycles. The van der Waals surface area contributed by atoms with E-state index in [-0.39, 0.29) is 23.5 Å². The highest BCUT2D eigenvalue weighted by Gasteiger charge is 2.06. The second-order valence-electron chi connectivity index (χ2n) is 7.11. The van der Waals surface area contributed by atoms with Crippen molar-refractivity contribution in [1.29, 1.82) is 0 Å². The molecule has 0 aliphatic carbocycles. The van der Waals surface area contributed by atoms with Crippen LogP contribution in [0.4, 0.5) is 0 Å². The predicted molar refractivity (Wildman–Crippen MR) is 113 cm³/mol. The summed E-state index contributed by atoms with van der Waals surface area (Å²) in [7, 11) is 0. The molecule has 0 bridgehead atoms. The summed E-state index contributed by atoms with van der Waals surface area (Å²) in [6, 6.07) is 0. The molecule has 0 aliphatic rings. The van der Waals surface area contributed by atoms with Gasteiger partial charge >= 0.3 is 0 Å². The maximum Gasteiger partial charge on any atom is 0.222 e. The maximum absolute atomic E-state index is 11.6. The number of ether oxygens (including phenoxy) is 4. The van der Waals surface area contributed by atoms with Crippen molar-refractivity contribution in [3.05, 3.63) is 0 Å². The van der Waals surface area contributed by atoms with Gasteiger partial charge in [-0.2, -0.15) is 0 Å². The minimum absolute atomic E-state index is 0.0372. The Balaban J connectivity index is 3.21. The molecule has 2 N–H and O–H groups in total. The number of nitrogens with one attached hydrogen (secondary N) is 2. The zero-order valence-corrected chi connectivity index (χ0v) is 18.8. The molecule has 9 nitrogen and oxygen atoms in total. The third kappa shape index (κ3) is 21.2. The fourth-order valence-corrected chi connectivity index (χ4v) is 2.22. The minimum Gasteiger partial charge on any atom is -0.379 e. The van der Waals surface area contributed by atoms with Gasteiger partial charge in [-0.3, -0.25) is 14.4 Å². The van der Waals surface area contributed by atoms with Crippen LogP contribution in [0.25, 0.3) is 0 Å². The van der Waals surface area contributed by atoms with Crippen molar-refractivity contribution >= 4 is 17.6 Å². The van der Waals surface area contributed by atoms with E-state index in [1.165, 1.54) is 6.92 Å². The van der Waals surface area contributed by atoms with E-state index >= 15 is 0 Å². The fraction of sp³-hybridized carbons (Fsp3) is 0.857. The summed E-state index contributed by atoms with van der Waals surface area (Å²) in [6.07, 6.45) is 2.43. The van der Waals surface area contributed by atoms with E-state index in [0.29, 0.717) is 78.8 Å². The van der Waals surface area contributed by atoms with Gasteiger partial charge in [0.2, 0.25) is 11.8 Å². The first kappa shape index (κ1) is 28.5. The van der Waals surface area contributed by atoms with Gasteiger partial charge in [0.15, 0.2) is 0 Å². The van der Waals surface area contributed by atoms with E-state index in [4.69, 9.17) is 18.9 Å². The van der Waals surface area contributed by atoms with E-state index in [9.17, 15) is 14.4 Å². The standard InChI is InChI=1S/C21H40N2O7/c1-18(2)20(25)6-10-27-12-14-29-16-17-30-15-13-28-11-7-21(26)23-9-5-4-8-22-19(3)24/h18H,4-17H2,1-3H3,(H,22,24)(H,23,26). The molecule has 0 aromatic rings. The second-order valence-corrected chi connectivity index (χ2v) is 7.11. The van der Waals surface area contributed by atoms with Crippen LogP contribution in [0, 0.1) is 5.92 Å². The van der Waals surface area contributed by atoms with Crippen molar-refractivity contribution in [3.63, 3.8) is 0 Å². The second kappa shape index (κ2) is 20.7.